The topological polar surface area (TPSA) is 80.4 Å². The number of hydrogen-bond donors (Lipinski definition) is 2. The summed E-state index contributed by atoms with van der Waals surface area (Å²) in [6, 6.07) is 0. The van der Waals surface area contributed by atoms with Crippen molar-refractivity contribution in [2.45, 2.75) is 57.8 Å². The van der Waals surface area contributed by atoms with Gasteiger partial charge in [-0.2, -0.15) is 0 Å². The van der Waals surface area contributed by atoms with Gasteiger partial charge in [-0.25, -0.2) is 0 Å². The molecule has 0 bridgehead atoms. The molecule has 4 nitrogen and oxygen atoms in total. The van der Waals surface area contributed by atoms with E-state index in [-0.39, 0.29) is 5.78 Å². The van der Waals surface area contributed by atoms with E-state index < -0.39 is 11.9 Å². The third-order valence-electron chi connectivity index (χ3n) is 3.29. The molecule has 0 aliphatic carbocycles. The lowest BCUT2D eigenvalue weighted by atomic mass is 9.96. The van der Waals surface area contributed by atoms with Gasteiger partial charge in [0, 0.05) is 0 Å². The second-order valence-corrected chi connectivity index (χ2v) is 4.90. The van der Waals surface area contributed by atoms with Crippen LogP contribution in [0.3, 0.4) is 0 Å². The molecular formula is C15H27NO3. The summed E-state index contributed by atoms with van der Waals surface area (Å²) < 4.78 is 0. The summed E-state index contributed by atoms with van der Waals surface area (Å²) >= 11 is 0. The van der Waals surface area contributed by atoms with E-state index in [1.807, 2.05) is 0 Å². The molecule has 4 heteroatoms. The van der Waals surface area contributed by atoms with Crippen LogP contribution in [-0.2, 0) is 9.59 Å². The molecule has 0 saturated heterocycles. The molecule has 0 aliphatic rings. The molecule has 110 valence electrons. The first-order chi connectivity index (χ1) is 9.13. The van der Waals surface area contributed by atoms with Crippen molar-refractivity contribution in [2.75, 3.05) is 6.54 Å². The van der Waals surface area contributed by atoms with Crippen LogP contribution in [0, 0.1) is 5.92 Å². The molecule has 0 rings (SSSR count). The number of hydrogen-bond acceptors (Lipinski definition) is 3. The molecule has 3 N–H and O–H groups in total. The van der Waals surface area contributed by atoms with E-state index in [9.17, 15) is 9.59 Å². The Morgan fingerprint density at radius 1 is 1.00 bits per heavy atom. The van der Waals surface area contributed by atoms with E-state index >= 15 is 0 Å². The van der Waals surface area contributed by atoms with E-state index in [0.29, 0.717) is 6.42 Å². The van der Waals surface area contributed by atoms with Crippen molar-refractivity contribution >= 4 is 11.8 Å². The van der Waals surface area contributed by atoms with Crippen LogP contribution in [0.25, 0.3) is 0 Å². The van der Waals surface area contributed by atoms with Crippen LogP contribution in [0.2, 0.25) is 0 Å². The fraction of sp³-hybridized carbons (Fsp3) is 0.733. The first-order valence-corrected chi connectivity index (χ1v) is 7.22. The summed E-state index contributed by atoms with van der Waals surface area (Å²) in [5, 5.41) is 8.92. The number of rotatable bonds is 13. The maximum atomic E-state index is 11.3. The van der Waals surface area contributed by atoms with E-state index in [1.165, 1.54) is 25.7 Å². The SMILES string of the molecule is C=CC(=O)C(CCCCCCCCCCN)C(=O)O. The Balaban J connectivity index is 3.53. The highest BCUT2D eigenvalue weighted by Crippen LogP contribution is 2.14. The van der Waals surface area contributed by atoms with Crippen LogP contribution in [0.1, 0.15) is 57.8 Å². The number of carboxylic acids is 1. The van der Waals surface area contributed by atoms with E-state index in [0.717, 1.165) is 38.3 Å². The molecule has 1 unspecified atom stereocenters. The molecule has 0 aromatic rings. The highest BCUT2D eigenvalue weighted by Gasteiger charge is 2.22. The van der Waals surface area contributed by atoms with Crippen molar-refractivity contribution in [2.24, 2.45) is 11.7 Å². The van der Waals surface area contributed by atoms with Gasteiger partial charge in [-0.05, 0) is 25.5 Å². The third kappa shape index (κ3) is 9.42. The Morgan fingerprint density at radius 2 is 1.47 bits per heavy atom. The quantitative estimate of drug-likeness (QED) is 0.306. The minimum atomic E-state index is -1.04. The summed E-state index contributed by atoms with van der Waals surface area (Å²) in [5.41, 5.74) is 5.42. The molecule has 0 radical (unpaired) electrons. The lowest BCUT2D eigenvalue weighted by molar-refractivity contribution is -0.145. The standard InChI is InChI=1S/C15H27NO3/c1-2-14(17)13(15(18)19)11-9-7-5-3-4-6-8-10-12-16/h2,13H,1,3-12,16H2,(H,18,19). The number of ketones is 1. The number of carbonyl (C=O) groups is 2. The normalized spacial score (nSPS) is 12.1. The zero-order valence-electron chi connectivity index (χ0n) is 11.8. The number of allylic oxidation sites excluding steroid dienone is 1. The molecule has 0 aromatic carbocycles. The summed E-state index contributed by atoms with van der Waals surface area (Å²) in [4.78, 5) is 22.2. The van der Waals surface area contributed by atoms with Crippen molar-refractivity contribution in [3.63, 3.8) is 0 Å². The van der Waals surface area contributed by atoms with Gasteiger partial charge in [-0.15, -0.1) is 0 Å². The van der Waals surface area contributed by atoms with Gasteiger partial charge in [0.1, 0.15) is 5.92 Å². The Hall–Kier alpha value is -1.16. The van der Waals surface area contributed by atoms with Crippen molar-refractivity contribution in [1.82, 2.24) is 0 Å². The van der Waals surface area contributed by atoms with Crippen molar-refractivity contribution < 1.29 is 14.7 Å². The average Bonchev–Trinajstić information content (AvgIpc) is 2.40. The molecule has 0 saturated carbocycles. The monoisotopic (exact) mass is 269 g/mol. The minimum Gasteiger partial charge on any atom is -0.481 e. The van der Waals surface area contributed by atoms with E-state index in [1.54, 1.807) is 0 Å². The van der Waals surface area contributed by atoms with Gasteiger partial charge >= 0.3 is 5.97 Å². The third-order valence-corrected chi connectivity index (χ3v) is 3.29. The molecule has 19 heavy (non-hydrogen) atoms. The van der Waals surface area contributed by atoms with Crippen LogP contribution in [0.15, 0.2) is 12.7 Å². The van der Waals surface area contributed by atoms with Crippen molar-refractivity contribution in [3.05, 3.63) is 12.7 Å². The van der Waals surface area contributed by atoms with Gasteiger partial charge in [0.2, 0.25) is 0 Å². The molecule has 0 aliphatic heterocycles. The summed E-state index contributed by atoms with van der Waals surface area (Å²) in [6.45, 7) is 4.11. The maximum Gasteiger partial charge on any atom is 0.314 e. The van der Waals surface area contributed by atoms with E-state index in [4.69, 9.17) is 10.8 Å². The largest absolute Gasteiger partial charge is 0.481 e. The predicted octanol–water partition coefficient (Wildman–Crippen LogP) is 2.91. The number of unbranched alkanes of at least 4 members (excludes halogenated alkanes) is 7. The fourth-order valence-electron chi connectivity index (χ4n) is 2.08. The molecular weight excluding hydrogens is 242 g/mol. The molecule has 0 aromatic heterocycles. The molecule has 0 fully saturated rings. The Kier molecular flexibility index (Phi) is 11.2. The molecule has 0 amide bonds. The molecule has 0 spiro atoms. The minimum absolute atomic E-state index is 0.380. The number of carbonyl (C=O) groups excluding carboxylic acids is 1. The second kappa shape index (κ2) is 11.9. The lowest BCUT2D eigenvalue weighted by Gasteiger charge is -2.08. The second-order valence-electron chi connectivity index (χ2n) is 4.90. The zero-order chi connectivity index (χ0) is 14.5. The zero-order valence-corrected chi connectivity index (χ0v) is 11.8. The van der Waals surface area contributed by atoms with Crippen molar-refractivity contribution in [1.29, 1.82) is 0 Å². The molecule has 1 atom stereocenters. The van der Waals surface area contributed by atoms with Crippen LogP contribution in [0.4, 0.5) is 0 Å². The highest BCUT2D eigenvalue weighted by atomic mass is 16.4. The maximum absolute atomic E-state index is 11.3. The Morgan fingerprint density at radius 3 is 1.89 bits per heavy atom. The predicted molar refractivity (Wildman–Crippen MR) is 76.9 cm³/mol. The van der Waals surface area contributed by atoms with Gasteiger partial charge in [0.15, 0.2) is 5.78 Å². The highest BCUT2D eigenvalue weighted by molar-refractivity contribution is 6.03. The summed E-state index contributed by atoms with van der Waals surface area (Å²) in [6.07, 6.45) is 10.3. The fourth-order valence-corrected chi connectivity index (χ4v) is 2.08. The smallest absolute Gasteiger partial charge is 0.314 e. The van der Waals surface area contributed by atoms with Gasteiger partial charge < -0.3 is 10.8 Å². The average molecular weight is 269 g/mol. The van der Waals surface area contributed by atoms with Crippen LogP contribution in [-0.4, -0.2) is 23.4 Å². The van der Waals surface area contributed by atoms with Gasteiger partial charge in [-0.3, -0.25) is 9.59 Å². The van der Waals surface area contributed by atoms with Crippen LogP contribution in [0.5, 0.6) is 0 Å². The molecule has 0 heterocycles. The number of nitrogens with two attached hydrogens (primary N) is 1. The van der Waals surface area contributed by atoms with Gasteiger partial charge in [0.25, 0.3) is 0 Å². The first kappa shape index (κ1) is 17.8. The lowest BCUT2D eigenvalue weighted by Crippen LogP contribution is -2.21. The Labute approximate surface area is 116 Å². The van der Waals surface area contributed by atoms with Crippen LogP contribution < -0.4 is 5.73 Å². The first-order valence-electron chi connectivity index (χ1n) is 7.22. The Bertz CT molecular complexity index is 277. The van der Waals surface area contributed by atoms with Gasteiger partial charge in [0.05, 0.1) is 0 Å². The number of carboxylic acid groups (broad SMARTS) is 1. The number of aliphatic carboxylic acids is 1. The summed E-state index contributed by atoms with van der Waals surface area (Å²) in [7, 11) is 0. The van der Waals surface area contributed by atoms with Crippen molar-refractivity contribution in [3.8, 4) is 0 Å². The van der Waals surface area contributed by atoms with Gasteiger partial charge in [-0.1, -0.05) is 51.5 Å². The van der Waals surface area contributed by atoms with E-state index in [2.05, 4.69) is 6.58 Å². The summed E-state index contributed by atoms with van der Waals surface area (Å²) in [5.74, 6) is -2.32. The van der Waals surface area contributed by atoms with Crippen LogP contribution >= 0.6 is 0 Å².